The van der Waals surface area contributed by atoms with Crippen LogP contribution in [0.5, 0.6) is 0 Å². The molecular formula is C14H19BrClNO2S. The second-order valence-corrected chi connectivity index (χ2v) is 8.58. The van der Waals surface area contributed by atoms with E-state index < -0.39 is 10.0 Å². The van der Waals surface area contributed by atoms with Crippen molar-refractivity contribution in [2.45, 2.75) is 31.0 Å². The Hall–Kier alpha value is -0.100. The van der Waals surface area contributed by atoms with E-state index in [9.17, 15) is 8.42 Å². The Bertz CT molecular complexity index is 589. The summed E-state index contributed by atoms with van der Waals surface area (Å²) in [6.07, 6.45) is 0.939. The number of rotatable bonds is 4. The maximum absolute atomic E-state index is 12.7. The summed E-state index contributed by atoms with van der Waals surface area (Å²) in [5.41, 5.74) is 0.902. The van der Waals surface area contributed by atoms with E-state index in [-0.39, 0.29) is 0 Å². The zero-order valence-corrected chi connectivity index (χ0v) is 14.8. The monoisotopic (exact) mass is 379 g/mol. The van der Waals surface area contributed by atoms with E-state index >= 15 is 0 Å². The van der Waals surface area contributed by atoms with E-state index in [4.69, 9.17) is 11.6 Å². The van der Waals surface area contributed by atoms with Gasteiger partial charge in [0.25, 0.3) is 0 Å². The predicted octanol–water partition coefficient (Wildman–Crippen LogP) is 3.85. The van der Waals surface area contributed by atoms with Crippen LogP contribution in [0, 0.1) is 11.8 Å². The first-order valence-corrected chi connectivity index (χ1v) is 9.47. The minimum atomic E-state index is -3.42. The van der Waals surface area contributed by atoms with E-state index in [1.165, 1.54) is 0 Å². The number of hydrogen-bond acceptors (Lipinski definition) is 2. The van der Waals surface area contributed by atoms with Crippen LogP contribution in [0.3, 0.4) is 0 Å². The Balaban J connectivity index is 2.27. The predicted molar refractivity (Wildman–Crippen MR) is 85.4 cm³/mol. The Kier molecular flexibility index (Phi) is 5.16. The van der Waals surface area contributed by atoms with Gasteiger partial charge in [-0.05, 0) is 51.9 Å². The van der Waals surface area contributed by atoms with Crippen molar-refractivity contribution >= 4 is 37.6 Å². The summed E-state index contributed by atoms with van der Waals surface area (Å²) in [7, 11) is -3.42. The largest absolute Gasteiger partial charge is 0.244 e. The van der Waals surface area contributed by atoms with Crippen molar-refractivity contribution in [1.82, 2.24) is 4.31 Å². The lowest BCUT2D eigenvalue weighted by molar-refractivity contribution is 0.388. The van der Waals surface area contributed by atoms with Crippen molar-refractivity contribution in [1.29, 1.82) is 0 Å². The molecule has 1 heterocycles. The summed E-state index contributed by atoms with van der Waals surface area (Å²) in [4.78, 5) is 0.329. The Morgan fingerprint density at radius 1 is 1.45 bits per heavy atom. The van der Waals surface area contributed by atoms with Crippen LogP contribution in [0.2, 0.25) is 0 Å². The number of hydrogen-bond donors (Lipinski definition) is 0. The standard InChI is InChI=1S/C14H19BrClNO2S/c1-10(2)12-5-6-17(9-12)20(18,19)14-4-3-11(8-16)7-13(14)15/h3-4,7,10,12H,5-6,8-9H2,1-2H3. The first-order valence-electron chi connectivity index (χ1n) is 6.70. The van der Waals surface area contributed by atoms with Gasteiger partial charge < -0.3 is 0 Å². The van der Waals surface area contributed by atoms with Gasteiger partial charge in [0.05, 0.1) is 4.90 Å². The molecule has 1 saturated heterocycles. The highest BCUT2D eigenvalue weighted by molar-refractivity contribution is 9.10. The van der Waals surface area contributed by atoms with Crippen molar-refractivity contribution in [2.24, 2.45) is 11.8 Å². The fraction of sp³-hybridized carbons (Fsp3) is 0.571. The van der Waals surface area contributed by atoms with Gasteiger partial charge in [0, 0.05) is 23.4 Å². The molecule has 1 aliphatic rings. The molecule has 20 heavy (non-hydrogen) atoms. The molecule has 6 heteroatoms. The molecule has 1 aromatic carbocycles. The maximum atomic E-state index is 12.7. The summed E-state index contributed by atoms with van der Waals surface area (Å²) < 4.78 is 27.6. The fourth-order valence-corrected chi connectivity index (χ4v) is 5.26. The topological polar surface area (TPSA) is 37.4 Å². The van der Waals surface area contributed by atoms with Gasteiger partial charge in [-0.15, -0.1) is 11.6 Å². The van der Waals surface area contributed by atoms with Gasteiger partial charge in [-0.3, -0.25) is 0 Å². The van der Waals surface area contributed by atoms with Crippen LogP contribution in [0.1, 0.15) is 25.8 Å². The SMILES string of the molecule is CC(C)C1CCN(S(=O)(=O)c2ccc(CCl)cc2Br)C1. The Morgan fingerprint density at radius 3 is 2.65 bits per heavy atom. The normalized spacial score (nSPS) is 20.8. The third-order valence-corrected chi connectivity index (χ3v) is 7.05. The molecule has 3 nitrogen and oxygen atoms in total. The third-order valence-electron chi connectivity index (χ3n) is 3.90. The summed E-state index contributed by atoms with van der Waals surface area (Å²) in [6.45, 7) is 5.51. The quantitative estimate of drug-likeness (QED) is 0.744. The second-order valence-electron chi connectivity index (χ2n) is 5.55. The number of halogens is 2. The molecule has 0 aliphatic carbocycles. The van der Waals surface area contributed by atoms with Crippen molar-refractivity contribution in [3.63, 3.8) is 0 Å². The highest BCUT2D eigenvalue weighted by atomic mass is 79.9. The van der Waals surface area contributed by atoms with Crippen LogP contribution >= 0.6 is 27.5 Å². The molecule has 1 aromatic rings. The van der Waals surface area contributed by atoms with E-state index in [0.29, 0.717) is 40.2 Å². The van der Waals surface area contributed by atoms with Gasteiger partial charge in [-0.25, -0.2) is 8.42 Å². The van der Waals surface area contributed by atoms with Crippen LogP contribution in [0.15, 0.2) is 27.6 Å². The molecule has 1 unspecified atom stereocenters. The van der Waals surface area contributed by atoms with E-state index in [0.717, 1.165) is 12.0 Å². The van der Waals surface area contributed by atoms with E-state index in [1.54, 1.807) is 22.5 Å². The van der Waals surface area contributed by atoms with Gasteiger partial charge in [0.1, 0.15) is 0 Å². The first kappa shape index (κ1) is 16.3. The average Bonchev–Trinajstić information content (AvgIpc) is 2.88. The van der Waals surface area contributed by atoms with Gasteiger partial charge in [-0.1, -0.05) is 19.9 Å². The zero-order valence-electron chi connectivity index (χ0n) is 11.6. The average molecular weight is 381 g/mol. The van der Waals surface area contributed by atoms with Crippen molar-refractivity contribution in [2.75, 3.05) is 13.1 Å². The summed E-state index contributed by atoms with van der Waals surface area (Å²) in [6, 6.07) is 5.18. The molecule has 2 rings (SSSR count). The molecule has 0 amide bonds. The highest BCUT2D eigenvalue weighted by Gasteiger charge is 2.34. The Morgan fingerprint density at radius 2 is 2.15 bits per heavy atom. The first-order chi connectivity index (χ1) is 9.36. The highest BCUT2D eigenvalue weighted by Crippen LogP contribution is 2.32. The van der Waals surface area contributed by atoms with Crippen LogP contribution in [-0.4, -0.2) is 25.8 Å². The Labute approximate surface area is 134 Å². The lowest BCUT2D eigenvalue weighted by atomic mass is 9.96. The molecule has 0 spiro atoms. The molecule has 0 radical (unpaired) electrons. The molecule has 1 atom stereocenters. The molecule has 1 fully saturated rings. The minimum absolute atomic E-state index is 0.329. The second kappa shape index (κ2) is 6.34. The van der Waals surface area contributed by atoms with Crippen molar-refractivity contribution < 1.29 is 8.42 Å². The number of benzene rings is 1. The molecular weight excluding hydrogens is 362 g/mol. The number of sulfonamides is 1. The molecule has 0 bridgehead atoms. The molecule has 0 aromatic heterocycles. The van der Waals surface area contributed by atoms with Crippen LogP contribution in [-0.2, 0) is 15.9 Å². The molecule has 1 aliphatic heterocycles. The van der Waals surface area contributed by atoms with Crippen molar-refractivity contribution in [3.05, 3.63) is 28.2 Å². The van der Waals surface area contributed by atoms with Gasteiger partial charge >= 0.3 is 0 Å². The zero-order chi connectivity index (χ0) is 14.9. The van der Waals surface area contributed by atoms with Gasteiger partial charge in [0.15, 0.2) is 0 Å². The van der Waals surface area contributed by atoms with Gasteiger partial charge in [0.2, 0.25) is 10.0 Å². The fourth-order valence-electron chi connectivity index (χ4n) is 2.49. The maximum Gasteiger partial charge on any atom is 0.244 e. The number of nitrogens with zero attached hydrogens (tertiary/aromatic N) is 1. The summed E-state index contributed by atoms with van der Waals surface area (Å²) >= 11 is 9.12. The third kappa shape index (κ3) is 3.21. The van der Waals surface area contributed by atoms with E-state index in [2.05, 4.69) is 29.8 Å². The molecule has 112 valence electrons. The van der Waals surface area contributed by atoms with E-state index in [1.807, 2.05) is 0 Å². The number of alkyl halides is 1. The molecule has 0 N–H and O–H groups in total. The smallest absolute Gasteiger partial charge is 0.207 e. The summed E-state index contributed by atoms with van der Waals surface area (Å²) in [5.74, 6) is 1.33. The van der Waals surface area contributed by atoms with Gasteiger partial charge in [-0.2, -0.15) is 4.31 Å². The van der Waals surface area contributed by atoms with Crippen LogP contribution in [0.25, 0.3) is 0 Å². The van der Waals surface area contributed by atoms with Crippen LogP contribution in [0.4, 0.5) is 0 Å². The van der Waals surface area contributed by atoms with Crippen molar-refractivity contribution in [3.8, 4) is 0 Å². The summed E-state index contributed by atoms with van der Waals surface area (Å²) in [5, 5.41) is 0. The molecule has 0 saturated carbocycles. The van der Waals surface area contributed by atoms with Crippen LogP contribution < -0.4 is 0 Å². The lowest BCUT2D eigenvalue weighted by Gasteiger charge is -2.19. The lowest BCUT2D eigenvalue weighted by Crippen LogP contribution is -2.29. The minimum Gasteiger partial charge on any atom is -0.207 e.